The van der Waals surface area contributed by atoms with Crippen LogP contribution in [0.5, 0.6) is 0 Å². The van der Waals surface area contributed by atoms with Gasteiger partial charge in [0.15, 0.2) is 0 Å². The smallest absolute Gasteiger partial charge is 0.231 e. The minimum absolute atomic E-state index is 0.226. The number of carbonyl (C=O) groups is 1. The molecule has 0 radical (unpaired) electrons. The van der Waals surface area contributed by atoms with Crippen LogP contribution in [0.4, 0.5) is 0 Å². The summed E-state index contributed by atoms with van der Waals surface area (Å²) in [5.74, 6) is 0.572. The lowest BCUT2D eigenvalue weighted by atomic mass is 9.91. The molecule has 1 aromatic carbocycles. The van der Waals surface area contributed by atoms with Crippen LogP contribution in [0.15, 0.2) is 12.1 Å². The van der Waals surface area contributed by atoms with Gasteiger partial charge in [0.25, 0.3) is 0 Å². The number of hydrogen-bond acceptors (Lipinski definition) is 2. The zero-order valence-electron chi connectivity index (χ0n) is 11.6. The minimum atomic E-state index is -0.226. The molecular weight excluding hydrogens is 236 g/mol. The highest BCUT2D eigenvalue weighted by Gasteiger charge is 2.28. The zero-order chi connectivity index (χ0) is 13.4. The van der Waals surface area contributed by atoms with E-state index >= 15 is 0 Å². The fraction of sp³-hybridized carbons (Fsp3) is 0.562. The Balaban J connectivity index is 1.87. The zero-order valence-corrected chi connectivity index (χ0v) is 11.6. The second-order valence-corrected chi connectivity index (χ2v) is 5.87. The topological polar surface area (TPSA) is 46.3 Å². The van der Waals surface area contributed by atoms with Crippen LogP contribution in [0, 0.1) is 0 Å². The third kappa shape index (κ3) is 2.66. The van der Waals surface area contributed by atoms with Crippen molar-refractivity contribution in [3.8, 4) is 0 Å². The molecule has 19 heavy (non-hydrogen) atoms. The highest BCUT2D eigenvalue weighted by molar-refractivity contribution is 5.76. The molecule has 2 N–H and O–H groups in total. The SMILES string of the molecule is CCc1cc2c(cc1C1CC1)CN(CC(N)=O)CC2. The van der Waals surface area contributed by atoms with Crippen molar-refractivity contribution in [3.05, 3.63) is 34.4 Å². The van der Waals surface area contributed by atoms with Gasteiger partial charge in [-0.15, -0.1) is 0 Å². The van der Waals surface area contributed by atoms with Gasteiger partial charge in [-0.2, -0.15) is 0 Å². The standard InChI is InChI=1S/C16H22N2O/c1-2-11-7-13-5-6-18(10-16(17)19)9-14(13)8-15(11)12-3-4-12/h7-8,12H,2-6,9-10H2,1H3,(H2,17,19). The maximum atomic E-state index is 11.0. The molecule has 1 saturated carbocycles. The summed E-state index contributed by atoms with van der Waals surface area (Å²) in [5.41, 5.74) is 11.3. The van der Waals surface area contributed by atoms with Crippen molar-refractivity contribution in [3.63, 3.8) is 0 Å². The molecular formula is C16H22N2O. The first kappa shape index (κ1) is 12.7. The molecule has 1 heterocycles. The van der Waals surface area contributed by atoms with Crippen LogP contribution in [0.25, 0.3) is 0 Å². The molecule has 1 aliphatic heterocycles. The highest BCUT2D eigenvalue weighted by Crippen LogP contribution is 2.43. The summed E-state index contributed by atoms with van der Waals surface area (Å²) in [6, 6.07) is 4.81. The van der Waals surface area contributed by atoms with E-state index in [0.29, 0.717) is 6.54 Å². The largest absolute Gasteiger partial charge is 0.369 e. The number of aryl methyl sites for hydroxylation is 1. The third-order valence-electron chi connectivity index (χ3n) is 4.33. The van der Waals surface area contributed by atoms with Gasteiger partial charge in [0.05, 0.1) is 6.54 Å². The van der Waals surface area contributed by atoms with E-state index in [1.165, 1.54) is 29.5 Å². The highest BCUT2D eigenvalue weighted by atomic mass is 16.1. The average molecular weight is 258 g/mol. The number of fused-ring (bicyclic) bond motifs is 1. The van der Waals surface area contributed by atoms with E-state index in [0.717, 1.165) is 31.8 Å². The Kier molecular flexibility index (Phi) is 3.31. The van der Waals surface area contributed by atoms with Gasteiger partial charge in [0.1, 0.15) is 0 Å². The van der Waals surface area contributed by atoms with Gasteiger partial charge in [-0.05, 0) is 53.9 Å². The number of rotatable bonds is 4. The number of benzene rings is 1. The van der Waals surface area contributed by atoms with E-state index in [1.807, 2.05) is 0 Å². The quantitative estimate of drug-likeness (QED) is 0.897. The predicted molar refractivity (Wildman–Crippen MR) is 76.0 cm³/mol. The van der Waals surface area contributed by atoms with Crippen molar-refractivity contribution in [2.24, 2.45) is 5.73 Å². The molecule has 2 aliphatic rings. The summed E-state index contributed by atoms with van der Waals surface area (Å²) in [6.45, 7) is 4.45. The Labute approximate surface area is 114 Å². The molecule has 1 aliphatic carbocycles. The van der Waals surface area contributed by atoms with E-state index in [2.05, 4.69) is 24.0 Å². The molecule has 1 aromatic rings. The van der Waals surface area contributed by atoms with Crippen molar-refractivity contribution < 1.29 is 4.79 Å². The fourth-order valence-electron chi connectivity index (χ4n) is 3.17. The Morgan fingerprint density at radius 1 is 1.37 bits per heavy atom. The molecule has 1 amide bonds. The molecule has 0 atom stereocenters. The van der Waals surface area contributed by atoms with E-state index in [9.17, 15) is 4.79 Å². The summed E-state index contributed by atoms with van der Waals surface area (Å²) in [6.07, 6.45) is 4.86. The van der Waals surface area contributed by atoms with Gasteiger partial charge in [0, 0.05) is 13.1 Å². The van der Waals surface area contributed by atoms with Crippen LogP contribution in [0.2, 0.25) is 0 Å². The first-order chi connectivity index (χ1) is 9.17. The van der Waals surface area contributed by atoms with Crippen LogP contribution >= 0.6 is 0 Å². The molecule has 1 fully saturated rings. The normalized spacial score (nSPS) is 19.2. The van der Waals surface area contributed by atoms with Gasteiger partial charge in [-0.3, -0.25) is 9.69 Å². The van der Waals surface area contributed by atoms with Crippen molar-refractivity contribution in [2.75, 3.05) is 13.1 Å². The van der Waals surface area contributed by atoms with E-state index in [1.54, 1.807) is 5.56 Å². The summed E-state index contributed by atoms with van der Waals surface area (Å²) in [7, 11) is 0. The molecule has 102 valence electrons. The molecule has 0 bridgehead atoms. The summed E-state index contributed by atoms with van der Waals surface area (Å²) in [4.78, 5) is 13.2. The van der Waals surface area contributed by atoms with E-state index in [-0.39, 0.29) is 5.91 Å². The van der Waals surface area contributed by atoms with Crippen LogP contribution in [0.3, 0.4) is 0 Å². The number of carbonyl (C=O) groups excluding carboxylic acids is 1. The fourth-order valence-corrected chi connectivity index (χ4v) is 3.17. The van der Waals surface area contributed by atoms with Gasteiger partial charge in [-0.1, -0.05) is 19.1 Å². The number of nitrogens with zero attached hydrogens (tertiary/aromatic N) is 1. The first-order valence-electron chi connectivity index (χ1n) is 7.32. The molecule has 0 unspecified atom stereocenters. The Morgan fingerprint density at radius 2 is 2.16 bits per heavy atom. The maximum absolute atomic E-state index is 11.0. The van der Waals surface area contributed by atoms with Gasteiger partial charge in [0.2, 0.25) is 5.91 Å². The van der Waals surface area contributed by atoms with Crippen LogP contribution in [0.1, 0.15) is 47.9 Å². The van der Waals surface area contributed by atoms with Crippen LogP contribution in [-0.4, -0.2) is 23.9 Å². The Bertz CT molecular complexity index is 506. The Hall–Kier alpha value is -1.35. The minimum Gasteiger partial charge on any atom is -0.369 e. The lowest BCUT2D eigenvalue weighted by Gasteiger charge is -2.29. The average Bonchev–Trinajstić information content (AvgIpc) is 3.20. The number of primary amides is 1. The lowest BCUT2D eigenvalue weighted by molar-refractivity contribution is -0.119. The van der Waals surface area contributed by atoms with Crippen molar-refractivity contribution in [1.82, 2.24) is 4.90 Å². The van der Waals surface area contributed by atoms with Crippen LogP contribution < -0.4 is 5.73 Å². The lowest BCUT2D eigenvalue weighted by Crippen LogP contribution is -2.37. The second kappa shape index (κ2) is 4.97. The predicted octanol–water partition coefficient (Wildman–Crippen LogP) is 1.97. The van der Waals surface area contributed by atoms with E-state index in [4.69, 9.17) is 5.73 Å². The first-order valence-corrected chi connectivity index (χ1v) is 7.32. The van der Waals surface area contributed by atoms with Gasteiger partial charge < -0.3 is 5.73 Å². The van der Waals surface area contributed by atoms with Crippen molar-refractivity contribution >= 4 is 5.91 Å². The maximum Gasteiger partial charge on any atom is 0.231 e. The number of hydrogen-bond donors (Lipinski definition) is 1. The molecule has 3 rings (SSSR count). The Morgan fingerprint density at radius 3 is 2.79 bits per heavy atom. The summed E-state index contributed by atoms with van der Waals surface area (Å²) < 4.78 is 0. The van der Waals surface area contributed by atoms with Crippen molar-refractivity contribution in [1.29, 1.82) is 0 Å². The van der Waals surface area contributed by atoms with E-state index < -0.39 is 0 Å². The van der Waals surface area contributed by atoms with Gasteiger partial charge in [-0.25, -0.2) is 0 Å². The molecule has 3 heteroatoms. The van der Waals surface area contributed by atoms with Gasteiger partial charge >= 0.3 is 0 Å². The monoisotopic (exact) mass is 258 g/mol. The summed E-state index contributed by atoms with van der Waals surface area (Å²) >= 11 is 0. The second-order valence-electron chi connectivity index (χ2n) is 5.87. The molecule has 0 aromatic heterocycles. The van der Waals surface area contributed by atoms with Crippen LogP contribution in [-0.2, 0) is 24.2 Å². The molecule has 0 spiro atoms. The third-order valence-corrected chi connectivity index (χ3v) is 4.33. The summed E-state index contributed by atoms with van der Waals surface area (Å²) in [5, 5.41) is 0. The number of amides is 1. The molecule has 3 nitrogen and oxygen atoms in total. The number of nitrogens with two attached hydrogens (primary N) is 1. The molecule has 0 saturated heterocycles. The van der Waals surface area contributed by atoms with Crippen molar-refractivity contribution in [2.45, 2.75) is 45.1 Å².